The van der Waals surface area contributed by atoms with E-state index in [1.165, 1.54) is 4.57 Å². The molecule has 0 saturated carbocycles. The molecule has 6 heteroatoms. The SMILES string of the molecule is CCCCn1c(N)c(CN(C)C)c(=O)[nH]c1=O. The van der Waals surface area contributed by atoms with Crippen LogP contribution in [0.1, 0.15) is 25.3 Å². The van der Waals surface area contributed by atoms with Crippen LogP contribution >= 0.6 is 0 Å². The summed E-state index contributed by atoms with van der Waals surface area (Å²) in [6.07, 6.45) is 1.82. The Morgan fingerprint density at radius 1 is 1.35 bits per heavy atom. The van der Waals surface area contributed by atoms with E-state index in [0.717, 1.165) is 12.8 Å². The number of nitrogens with two attached hydrogens (primary N) is 1. The Balaban J connectivity index is 3.23. The van der Waals surface area contributed by atoms with Crippen molar-refractivity contribution >= 4 is 5.82 Å². The Kier molecular flexibility index (Phi) is 4.51. The van der Waals surface area contributed by atoms with E-state index in [2.05, 4.69) is 4.98 Å². The van der Waals surface area contributed by atoms with E-state index in [-0.39, 0.29) is 5.82 Å². The average molecular weight is 240 g/mol. The topological polar surface area (TPSA) is 84.1 Å². The number of nitrogens with one attached hydrogen (secondary N) is 1. The normalized spacial score (nSPS) is 11.1. The molecule has 1 aromatic rings. The summed E-state index contributed by atoms with van der Waals surface area (Å²) >= 11 is 0. The fraction of sp³-hybridized carbons (Fsp3) is 0.636. The van der Waals surface area contributed by atoms with E-state index in [1.807, 2.05) is 25.9 Å². The molecule has 0 aliphatic rings. The minimum Gasteiger partial charge on any atom is -0.385 e. The van der Waals surface area contributed by atoms with Crippen molar-refractivity contribution in [3.05, 3.63) is 26.4 Å². The molecule has 0 amide bonds. The van der Waals surface area contributed by atoms with Crippen LogP contribution in [0.15, 0.2) is 9.59 Å². The zero-order valence-electron chi connectivity index (χ0n) is 10.6. The predicted molar refractivity (Wildman–Crippen MR) is 68.0 cm³/mol. The van der Waals surface area contributed by atoms with Gasteiger partial charge in [0.25, 0.3) is 5.56 Å². The number of hydrogen-bond acceptors (Lipinski definition) is 4. The van der Waals surface area contributed by atoms with Crippen molar-refractivity contribution in [2.24, 2.45) is 0 Å². The second-order valence-electron chi connectivity index (χ2n) is 4.37. The minimum atomic E-state index is -0.427. The number of hydrogen-bond donors (Lipinski definition) is 2. The summed E-state index contributed by atoms with van der Waals surface area (Å²) in [5.41, 5.74) is 5.52. The van der Waals surface area contributed by atoms with Gasteiger partial charge in [-0.15, -0.1) is 0 Å². The van der Waals surface area contributed by atoms with Crippen molar-refractivity contribution in [1.29, 1.82) is 0 Å². The van der Waals surface area contributed by atoms with Gasteiger partial charge in [-0.05, 0) is 20.5 Å². The quantitative estimate of drug-likeness (QED) is 0.757. The molecule has 0 fully saturated rings. The monoisotopic (exact) mass is 240 g/mol. The van der Waals surface area contributed by atoms with E-state index >= 15 is 0 Å². The van der Waals surface area contributed by atoms with Crippen molar-refractivity contribution in [2.45, 2.75) is 32.9 Å². The summed E-state index contributed by atoms with van der Waals surface area (Å²) in [6.45, 7) is 3.00. The maximum absolute atomic E-state index is 11.6. The fourth-order valence-corrected chi connectivity index (χ4v) is 1.64. The van der Waals surface area contributed by atoms with Gasteiger partial charge in [0.05, 0.1) is 5.56 Å². The molecule has 0 unspecified atom stereocenters. The maximum Gasteiger partial charge on any atom is 0.329 e. The van der Waals surface area contributed by atoms with Gasteiger partial charge in [0, 0.05) is 13.1 Å². The Labute approximate surface area is 100 Å². The molecule has 3 N–H and O–H groups in total. The number of unbranched alkanes of at least 4 members (excludes halogenated alkanes) is 1. The van der Waals surface area contributed by atoms with E-state index in [0.29, 0.717) is 18.7 Å². The van der Waals surface area contributed by atoms with Gasteiger partial charge in [0.2, 0.25) is 0 Å². The summed E-state index contributed by atoms with van der Waals surface area (Å²) in [5.74, 6) is 0.279. The first-order valence-electron chi connectivity index (χ1n) is 5.73. The van der Waals surface area contributed by atoms with Gasteiger partial charge >= 0.3 is 5.69 Å². The van der Waals surface area contributed by atoms with Gasteiger partial charge < -0.3 is 10.6 Å². The molecule has 1 heterocycles. The fourth-order valence-electron chi connectivity index (χ4n) is 1.64. The van der Waals surface area contributed by atoms with E-state index in [9.17, 15) is 9.59 Å². The number of H-pyrrole nitrogens is 1. The highest BCUT2D eigenvalue weighted by Crippen LogP contribution is 2.06. The molecule has 0 spiro atoms. The van der Waals surface area contributed by atoms with Crippen molar-refractivity contribution in [1.82, 2.24) is 14.5 Å². The van der Waals surface area contributed by atoms with Crippen LogP contribution in [-0.2, 0) is 13.1 Å². The molecule has 0 aliphatic carbocycles. The number of rotatable bonds is 5. The number of nitrogens with zero attached hydrogens (tertiary/aromatic N) is 2. The zero-order valence-corrected chi connectivity index (χ0v) is 10.6. The third-order valence-corrected chi connectivity index (χ3v) is 2.55. The summed E-state index contributed by atoms with van der Waals surface area (Å²) in [6, 6.07) is 0. The van der Waals surface area contributed by atoms with Crippen molar-refractivity contribution in [3.63, 3.8) is 0 Å². The van der Waals surface area contributed by atoms with E-state index in [4.69, 9.17) is 5.73 Å². The summed E-state index contributed by atoms with van der Waals surface area (Å²) in [7, 11) is 3.70. The molecule has 0 bridgehead atoms. The Morgan fingerprint density at radius 2 is 2.00 bits per heavy atom. The zero-order chi connectivity index (χ0) is 13.0. The first-order chi connectivity index (χ1) is 7.97. The minimum absolute atomic E-state index is 0.279. The molecule has 17 heavy (non-hydrogen) atoms. The standard InChI is InChI=1S/C11H20N4O2/c1-4-5-6-15-9(12)8(7-14(2)3)10(16)13-11(15)17/h4-7,12H2,1-3H3,(H,13,16,17). The van der Waals surface area contributed by atoms with Crippen LogP contribution < -0.4 is 17.0 Å². The lowest BCUT2D eigenvalue weighted by Gasteiger charge is -2.14. The third kappa shape index (κ3) is 3.20. The maximum atomic E-state index is 11.6. The van der Waals surface area contributed by atoms with Gasteiger partial charge in [0.1, 0.15) is 5.82 Å². The van der Waals surface area contributed by atoms with Crippen LogP contribution in [0, 0.1) is 0 Å². The molecule has 0 radical (unpaired) electrons. The molecular weight excluding hydrogens is 220 g/mol. The highest BCUT2D eigenvalue weighted by Gasteiger charge is 2.12. The number of aromatic nitrogens is 2. The van der Waals surface area contributed by atoms with Crippen LogP contribution in [0.3, 0.4) is 0 Å². The molecule has 0 aromatic carbocycles. The lowest BCUT2D eigenvalue weighted by Crippen LogP contribution is -2.36. The molecule has 0 atom stereocenters. The Morgan fingerprint density at radius 3 is 2.53 bits per heavy atom. The first-order valence-corrected chi connectivity index (χ1v) is 5.73. The molecule has 6 nitrogen and oxygen atoms in total. The summed E-state index contributed by atoms with van der Waals surface area (Å²) in [4.78, 5) is 27.4. The highest BCUT2D eigenvalue weighted by molar-refractivity contribution is 5.38. The highest BCUT2D eigenvalue weighted by atomic mass is 16.2. The second-order valence-corrected chi connectivity index (χ2v) is 4.37. The molecule has 96 valence electrons. The van der Waals surface area contributed by atoms with Crippen LogP contribution in [0.4, 0.5) is 5.82 Å². The first kappa shape index (κ1) is 13.5. The molecule has 1 aromatic heterocycles. The summed E-state index contributed by atoms with van der Waals surface area (Å²) in [5, 5.41) is 0. The number of anilines is 1. The van der Waals surface area contributed by atoms with Crippen molar-refractivity contribution < 1.29 is 0 Å². The lowest BCUT2D eigenvalue weighted by molar-refractivity contribution is 0.398. The van der Waals surface area contributed by atoms with Crippen LogP contribution in [0.25, 0.3) is 0 Å². The van der Waals surface area contributed by atoms with Gasteiger partial charge in [-0.25, -0.2) is 4.79 Å². The van der Waals surface area contributed by atoms with Gasteiger partial charge in [-0.3, -0.25) is 14.3 Å². The van der Waals surface area contributed by atoms with Crippen LogP contribution in [0.2, 0.25) is 0 Å². The van der Waals surface area contributed by atoms with Crippen LogP contribution in [0.5, 0.6) is 0 Å². The van der Waals surface area contributed by atoms with Crippen molar-refractivity contribution in [3.8, 4) is 0 Å². The number of nitrogen functional groups attached to an aromatic ring is 1. The predicted octanol–water partition coefficient (Wildman–Crippen LogP) is -0.0195. The molecular formula is C11H20N4O2. The van der Waals surface area contributed by atoms with Gasteiger partial charge in [-0.2, -0.15) is 0 Å². The average Bonchev–Trinajstić information content (AvgIpc) is 2.23. The van der Waals surface area contributed by atoms with E-state index < -0.39 is 11.2 Å². The summed E-state index contributed by atoms with van der Waals surface area (Å²) < 4.78 is 1.43. The van der Waals surface area contributed by atoms with Crippen LogP contribution in [-0.4, -0.2) is 28.5 Å². The van der Waals surface area contributed by atoms with Gasteiger partial charge in [0.15, 0.2) is 0 Å². The lowest BCUT2D eigenvalue weighted by atomic mass is 10.2. The number of aromatic amines is 1. The Hall–Kier alpha value is -1.56. The largest absolute Gasteiger partial charge is 0.385 e. The van der Waals surface area contributed by atoms with Gasteiger partial charge in [-0.1, -0.05) is 13.3 Å². The smallest absolute Gasteiger partial charge is 0.329 e. The molecule has 0 aliphatic heterocycles. The van der Waals surface area contributed by atoms with Crippen molar-refractivity contribution in [2.75, 3.05) is 19.8 Å². The molecule has 0 saturated heterocycles. The van der Waals surface area contributed by atoms with E-state index in [1.54, 1.807) is 0 Å². The second kappa shape index (κ2) is 5.67. The third-order valence-electron chi connectivity index (χ3n) is 2.55. The Bertz CT molecular complexity index is 487. The molecule has 1 rings (SSSR count).